The Balaban J connectivity index is 2.06. The van der Waals surface area contributed by atoms with Gasteiger partial charge in [0.05, 0.1) is 5.54 Å². The van der Waals surface area contributed by atoms with E-state index in [1.54, 1.807) is 0 Å². The van der Waals surface area contributed by atoms with E-state index in [-0.39, 0.29) is 5.54 Å². The van der Waals surface area contributed by atoms with Crippen LogP contribution in [0.5, 0.6) is 0 Å². The van der Waals surface area contributed by atoms with E-state index >= 15 is 0 Å². The Kier molecular flexibility index (Phi) is 5.44. The van der Waals surface area contributed by atoms with Crippen LogP contribution in [0.4, 0.5) is 0 Å². The summed E-state index contributed by atoms with van der Waals surface area (Å²) in [4.78, 5) is 17.6. The van der Waals surface area contributed by atoms with E-state index < -0.39 is 0 Å². The molecule has 0 spiro atoms. The lowest BCUT2D eigenvalue weighted by Crippen LogP contribution is -2.62. The second-order valence-electron chi connectivity index (χ2n) is 6.73. The van der Waals surface area contributed by atoms with Crippen LogP contribution in [0.3, 0.4) is 0 Å². The van der Waals surface area contributed by atoms with Gasteiger partial charge in [0.2, 0.25) is 5.91 Å². The molecule has 1 amide bonds. The molecule has 2 aliphatic heterocycles. The normalized spacial score (nSPS) is 25.8. The van der Waals surface area contributed by atoms with Gasteiger partial charge in [0.15, 0.2) is 0 Å². The van der Waals surface area contributed by atoms with E-state index in [9.17, 15) is 4.79 Å². The average Bonchev–Trinajstić information content (AvgIpc) is 2.48. The highest BCUT2D eigenvalue weighted by Crippen LogP contribution is 2.26. The summed E-state index contributed by atoms with van der Waals surface area (Å²) in [6.45, 7) is 11.3. The Labute approximate surface area is 123 Å². The third-order valence-electron chi connectivity index (χ3n) is 4.94. The fraction of sp³-hybridized carbons (Fsp3) is 0.938. The number of hydrogen-bond acceptors (Lipinski definition) is 3. The van der Waals surface area contributed by atoms with Crippen LogP contribution >= 0.6 is 0 Å². The molecule has 2 saturated heterocycles. The SMILES string of the molecule is CCCC1CCCCN1C(=O)C(C)(C)N1CCNCC1. The molecule has 1 atom stereocenters. The molecule has 0 radical (unpaired) electrons. The first-order valence-corrected chi connectivity index (χ1v) is 8.34. The van der Waals surface area contributed by atoms with Crippen molar-refractivity contribution in [3.05, 3.63) is 0 Å². The van der Waals surface area contributed by atoms with Crippen LogP contribution in [0.15, 0.2) is 0 Å². The maximum absolute atomic E-state index is 13.1. The van der Waals surface area contributed by atoms with Crippen LogP contribution in [0.1, 0.15) is 52.9 Å². The molecule has 20 heavy (non-hydrogen) atoms. The molecule has 2 rings (SSSR count). The summed E-state index contributed by atoms with van der Waals surface area (Å²) >= 11 is 0. The van der Waals surface area contributed by atoms with Gasteiger partial charge in [-0.1, -0.05) is 13.3 Å². The van der Waals surface area contributed by atoms with Gasteiger partial charge in [-0.05, 0) is 39.5 Å². The van der Waals surface area contributed by atoms with Gasteiger partial charge in [0, 0.05) is 38.8 Å². The zero-order chi connectivity index (χ0) is 14.6. The van der Waals surface area contributed by atoms with Crippen molar-refractivity contribution in [1.82, 2.24) is 15.1 Å². The number of hydrogen-bond donors (Lipinski definition) is 1. The van der Waals surface area contributed by atoms with Crippen molar-refractivity contribution in [2.45, 2.75) is 64.5 Å². The molecule has 1 unspecified atom stereocenters. The molecule has 0 aromatic rings. The van der Waals surface area contributed by atoms with Gasteiger partial charge >= 0.3 is 0 Å². The topological polar surface area (TPSA) is 35.6 Å². The second-order valence-corrected chi connectivity index (χ2v) is 6.73. The van der Waals surface area contributed by atoms with Gasteiger partial charge in [0.25, 0.3) is 0 Å². The van der Waals surface area contributed by atoms with Gasteiger partial charge < -0.3 is 10.2 Å². The lowest BCUT2D eigenvalue weighted by molar-refractivity contribution is -0.147. The highest BCUT2D eigenvalue weighted by atomic mass is 16.2. The molecule has 0 aromatic heterocycles. The smallest absolute Gasteiger partial charge is 0.242 e. The number of amides is 1. The molecular weight excluding hydrogens is 250 g/mol. The van der Waals surface area contributed by atoms with Crippen LogP contribution in [-0.4, -0.2) is 60.0 Å². The maximum atomic E-state index is 13.1. The van der Waals surface area contributed by atoms with E-state index in [2.05, 4.69) is 35.9 Å². The van der Waals surface area contributed by atoms with Crippen molar-refractivity contribution in [3.63, 3.8) is 0 Å². The molecule has 0 bridgehead atoms. The van der Waals surface area contributed by atoms with Crippen LogP contribution in [0.2, 0.25) is 0 Å². The minimum absolute atomic E-state index is 0.345. The Morgan fingerprint density at radius 2 is 1.90 bits per heavy atom. The highest BCUT2D eigenvalue weighted by molar-refractivity contribution is 5.86. The van der Waals surface area contributed by atoms with Crippen molar-refractivity contribution >= 4 is 5.91 Å². The van der Waals surface area contributed by atoms with E-state index in [1.165, 1.54) is 25.7 Å². The van der Waals surface area contributed by atoms with Crippen molar-refractivity contribution in [2.24, 2.45) is 0 Å². The van der Waals surface area contributed by atoms with Gasteiger partial charge in [0.1, 0.15) is 0 Å². The summed E-state index contributed by atoms with van der Waals surface area (Å²) in [7, 11) is 0. The largest absolute Gasteiger partial charge is 0.338 e. The minimum Gasteiger partial charge on any atom is -0.338 e. The number of piperazine rings is 1. The van der Waals surface area contributed by atoms with E-state index in [0.717, 1.165) is 39.1 Å². The summed E-state index contributed by atoms with van der Waals surface area (Å²) < 4.78 is 0. The Hall–Kier alpha value is -0.610. The zero-order valence-electron chi connectivity index (χ0n) is 13.5. The number of nitrogens with one attached hydrogen (secondary N) is 1. The van der Waals surface area contributed by atoms with Crippen LogP contribution in [-0.2, 0) is 4.79 Å². The first-order chi connectivity index (χ1) is 9.57. The quantitative estimate of drug-likeness (QED) is 0.854. The van der Waals surface area contributed by atoms with Crippen molar-refractivity contribution in [3.8, 4) is 0 Å². The van der Waals surface area contributed by atoms with Crippen LogP contribution < -0.4 is 5.32 Å². The minimum atomic E-state index is -0.356. The summed E-state index contributed by atoms with van der Waals surface area (Å²) in [6.07, 6.45) is 5.97. The van der Waals surface area contributed by atoms with Crippen molar-refractivity contribution < 1.29 is 4.79 Å². The number of nitrogens with zero attached hydrogens (tertiary/aromatic N) is 2. The predicted octanol–water partition coefficient (Wildman–Crippen LogP) is 1.85. The number of carbonyl (C=O) groups excluding carboxylic acids is 1. The molecule has 116 valence electrons. The molecule has 0 aromatic carbocycles. The molecule has 2 aliphatic rings. The van der Waals surface area contributed by atoms with Gasteiger partial charge in [-0.15, -0.1) is 0 Å². The molecular formula is C16H31N3O. The number of carbonyl (C=O) groups is 1. The van der Waals surface area contributed by atoms with E-state index in [0.29, 0.717) is 11.9 Å². The molecule has 0 aliphatic carbocycles. The Morgan fingerprint density at radius 1 is 1.20 bits per heavy atom. The van der Waals surface area contributed by atoms with Gasteiger partial charge in [-0.2, -0.15) is 0 Å². The predicted molar refractivity (Wildman–Crippen MR) is 82.8 cm³/mol. The molecule has 2 fully saturated rings. The van der Waals surface area contributed by atoms with Gasteiger partial charge in [-0.25, -0.2) is 0 Å². The fourth-order valence-electron chi connectivity index (χ4n) is 3.61. The highest BCUT2D eigenvalue weighted by Gasteiger charge is 2.40. The van der Waals surface area contributed by atoms with Crippen molar-refractivity contribution in [1.29, 1.82) is 0 Å². The van der Waals surface area contributed by atoms with E-state index in [1.807, 2.05) is 0 Å². The summed E-state index contributed by atoms with van der Waals surface area (Å²) in [5, 5.41) is 3.37. The Morgan fingerprint density at radius 3 is 2.55 bits per heavy atom. The molecule has 1 N–H and O–H groups in total. The molecule has 2 heterocycles. The number of likely N-dealkylation sites (tertiary alicyclic amines) is 1. The Bertz CT molecular complexity index is 322. The first kappa shape index (κ1) is 15.8. The summed E-state index contributed by atoms with van der Waals surface area (Å²) in [5.74, 6) is 0.345. The van der Waals surface area contributed by atoms with Crippen LogP contribution in [0, 0.1) is 0 Å². The average molecular weight is 281 g/mol. The summed E-state index contributed by atoms with van der Waals surface area (Å²) in [5.41, 5.74) is -0.356. The fourth-order valence-corrected chi connectivity index (χ4v) is 3.61. The first-order valence-electron chi connectivity index (χ1n) is 8.34. The maximum Gasteiger partial charge on any atom is 0.242 e. The molecule has 4 nitrogen and oxygen atoms in total. The van der Waals surface area contributed by atoms with Crippen molar-refractivity contribution in [2.75, 3.05) is 32.7 Å². The molecule has 4 heteroatoms. The van der Waals surface area contributed by atoms with Crippen LogP contribution in [0.25, 0.3) is 0 Å². The second kappa shape index (κ2) is 6.90. The lowest BCUT2D eigenvalue weighted by atomic mass is 9.93. The monoisotopic (exact) mass is 281 g/mol. The lowest BCUT2D eigenvalue weighted by Gasteiger charge is -2.45. The standard InChI is InChI=1S/C16H31N3O/c1-4-7-14-8-5-6-11-19(14)15(20)16(2,3)18-12-9-17-10-13-18/h14,17H,4-13H2,1-3H3. The van der Waals surface area contributed by atoms with E-state index in [4.69, 9.17) is 0 Å². The summed E-state index contributed by atoms with van der Waals surface area (Å²) in [6, 6.07) is 0.475. The number of piperidine rings is 1. The molecule has 0 saturated carbocycles. The number of rotatable bonds is 4. The van der Waals surface area contributed by atoms with Gasteiger partial charge in [-0.3, -0.25) is 9.69 Å². The third kappa shape index (κ3) is 3.34. The zero-order valence-corrected chi connectivity index (χ0v) is 13.5. The third-order valence-corrected chi connectivity index (χ3v) is 4.94.